The predicted molar refractivity (Wildman–Crippen MR) is 106 cm³/mol. The van der Waals surface area contributed by atoms with E-state index >= 15 is 0 Å². The number of carbonyl (C=O) groups is 2. The van der Waals surface area contributed by atoms with Gasteiger partial charge in [-0.05, 0) is 35.1 Å². The topological polar surface area (TPSA) is 57.6 Å². The molecule has 0 bridgehead atoms. The van der Waals surface area contributed by atoms with Crippen molar-refractivity contribution in [2.75, 3.05) is 11.9 Å². The summed E-state index contributed by atoms with van der Waals surface area (Å²) in [6.45, 7) is 0. The van der Waals surface area contributed by atoms with E-state index in [-0.39, 0.29) is 5.78 Å². The Balaban J connectivity index is 1.88. The number of para-hydroxylation sites is 1. The van der Waals surface area contributed by atoms with Gasteiger partial charge >= 0.3 is 5.97 Å². The van der Waals surface area contributed by atoms with E-state index in [1.165, 1.54) is 12.2 Å². The molecule has 0 saturated carbocycles. The second kappa shape index (κ2) is 6.57. The van der Waals surface area contributed by atoms with Crippen molar-refractivity contribution in [1.82, 2.24) is 0 Å². The van der Waals surface area contributed by atoms with Gasteiger partial charge in [-0.25, -0.2) is 4.79 Å². The number of carbonyl (C=O) groups excluding carboxylic acids is 1. The summed E-state index contributed by atoms with van der Waals surface area (Å²) in [7, 11) is 1.94. The van der Waals surface area contributed by atoms with Crippen LogP contribution in [0.3, 0.4) is 0 Å². The SMILES string of the molecule is CN1c2ccccc2C(C(=O)O)=c2cc/c(=C/C=C3C=CC(=O)C=C3)cc21. The summed E-state index contributed by atoms with van der Waals surface area (Å²) in [4.78, 5) is 25.1. The van der Waals surface area contributed by atoms with Crippen LogP contribution in [-0.4, -0.2) is 23.9 Å². The summed E-state index contributed by atoms with van der Waals surface area (Å²) in [6.07, 6.45) is 10.5. The van der Waals surface area contributed by atoms with Gasteiger partial charge in [0.25, 0.3) is 0 Å². The number of hydrogen-bond acceptors (Lipinski definition) is 3. The largest absolute Gasteiger partial charge is 0.478 e. The van der Waals surface area contributed by atoms with Crippen molar-refractivity contribution in [1.29, 1.82) is 0 Å². The summed E-state index contributed by atoms with van der Waals surface area (Å²) < 4.78 is 0. The Kier molecular flexibility index (Phi) is 4.09. The molecule has 0 saturated heterocycles. The van der Waals surface area contributed by atoms with Crippen LogP contribution < -0.4 is 15.3 Å². The first kappa shape index (κ1) is 16.8. The van der Waals surface area contributed by atoms with E-state index in [4.69, 9.17) is 0 Å². The van der Waals surface area contributed by atoms with E-state index in [0.29, 0.717) is 10.8 Å². The number of anilines is 2. The third-order valence-electron chi connectivity index (χ3n) is 4.75. The van der Waals surface area contributed by atoms with Gasteiger partial charge in [-0.3, -0.25) is 4.79 Å². The fraction of sp³-hybridized carbons (Fsp3) is 0.0435. The lowest BCUT2D eigenvalue weighted by Gasteiger charge is -2.28. The number of hydrogen-bond donors (Lipinski definition) is 1. The summed E-state index contributed by atoms with van der Waals surface area (Å²) >= 11 is 0. The maximum atomic E-state index is 11.9. The fourth-order valence-electron chi connectivity index (χ4n) is 3.40. The molecule has 1 aliphatic carbocycles. The lowest BCUT2D eigenvalue weighted by molar-refractivity contribution is -0.130. The predicted octanol–water partition coefficient (Wildman–Crippen LogP) is 2.45. The molecule has 4 nitrogen and oxygen atoms in total. The first-order valence-corrected chi connectivity index (χ1v) is 8.57. The number of allylic oxidation sites excluding steroid dienone is 6. The number of fused-ring (bicyclic) bond motifs is 2. The molecule has 1 heterocycles. The maximum Gasteiger partial charge on any atom is 0.337 e. The molecule has 2 aromatic rings. The van der Waals surface area contributed by atoms with Crippen molar-refractivity contribution < 1.29 is 14.7 Å². The van der Waals surface area contributed by atoms with Gasteiger partial charge in [0.1, 0.15) is 0 Å². The standard InChI is InChI=1S/C23H17NO3/c1-24-20-5-3-2-4-18(20)22(23(26)27)19-13-10-16(14-21(19)24)7-6-15-8-11-17(25)12-9-15/h2-14H,1H3,(H,26,27)/b16-7-. The molecular formula is C23H17NO3. The average molecular weight is 355 g/mol. The van der Waals surface area contributed by atoms with Crippen molar-refractivity contribution in [2.45, 2.75) is 0 Å². The van der Waals surface area contributed by atoms with Crippen molar-refractivity contribution in [3.63, 3.8) is 0 Å². The lowest BCUT2D eigenvalue weighted by atomic mass is 9.95. The van der Waals surface area contributed by atoms with E-state index in [1.807, 2.05) is 66.6 Å². The van der Waals surface area contributed by atoms with Crippen molar-refractivity contribution in [3.05, 3.63) is 94.4 Å². The van der Waals surface area contributed by atoms with Crippen LogP contribution in [0.25, 0.3) is 11.6 Å². The molecule has 0 aromatic heterocycles. The molecular weight excluding hydrogens is 338 g/mol. The number of benzene rings is 2. The molecule has 0 fully saturated rings. The zero-order chi connectivity index (χ0) is 19.0. The van der Waals surface area contributed by atoms with E-state index < -0.39 is 5.97 Å². The minimum Gasteiger partial charge on any atom is -0.478 e. The third kappa shape index (κ3) is 3.02. The van der Waals surface area contributed by atoms with E-state index in [9.17, 15) is 14.7 Å². The first-order chi connectivity index (χ1) is 13.0. The molecule has 0 spiro atoms. The average Bonchev–Trinajstić information content (AvgIpc) is 2.68. The Bertz CT molecular complexity index is 1160. The van der Waals surface area contributed by atoms with Crippen LogP contribution in [0.15, 0.2) is 78.4 Å². The van der Waals surface area contributed by atoms with E-state index in [2.05, 4.69) is 0 Å². The van der Waals surface area contributed by atoms with Gasteiger partial charge in [-0.2, -0.15) is 0 Å². The summed E-state index contributed by atoms with van der Waals surface area (Å²) in [5.41, 5.74) is 3.70. The van der Waals surface area contributed by atoms with E-state index in [0.717, 1.165) is 27.7 Å². The number of ketones is 1. The zero-order valence-corrected chi connectivity index (χ0v) is 14.7. The van der Waals surface area contributed by atoms with Crippen LogP contribution in [0.4, 0.5) is 11.4 Å². The summed E-state index contributed by atoms with van der Waals surface area (Å²) in [6, 6.07) is 13.3. The van der Waals surface area contributed by atoms with Gasteiger partial charge in [0, 0.05) is 29.2 Å². The molecule has 0 amide bonds. The van der Waals surface area contributed by atoms with Crippen LogP contribution >= 0.6 is 0 Å². The molecule has 0 unspecified atom stereocenters. The smallest absolute Gasteiger partial charge is 0.337 e. The highest BCUT2D eigenvalue weighted by atomic mass is 16.4. The first-order valence-electron chi connectivity index (χ1n) is 8.57. The fourth-order valence-corrected chi connectivity index (χ4v) is 3.40. The van der Waals surface area contributed by atoms with Crippen molar-refractivity contribution >= 4 is 34.8 Å². The molecule has 2 aromatic carbocycles. The minimum absolute atomic E-state index is 0.0158. The van der Waals surface area contributed by atoms with Crippen LogP contribution in [0.2, 0.25) is 0 Å². The monoisotopic (exact) mass is 355 g/mol. The van der Waals surface area contributed by atoms with Gasteiger partial charge in [-0.15, -0.1) is 0 Å². The Hall–Kier alpha value is -3.66. The maximum absolute atomic E-state index is 11.9. The van der Waals surface area contributed by atoms with Crippen LogP contribution in [0.1, 0.15) is 5.56 Å². The van der Waals surface area contributed by atoms with Crippen molar-refractivity contribution in [3.8, 4) is 0 Å². The molecule has 2 aliphatic rings. The van der Waals surface area contributed by atoms with Gasteiger partial charge in [0.05, 0.1) is 5.57 Å². The van der Waals surface area contributed by atoms with Gasteiger partial charge in [-0.1, -0.05) is 54.6 Å². The minimum atomic E-state index is -0.933. The van der Waals surface area contributed by atoms with Crippen molar-refractivity contribution in [2.24, 2.45) is 0 Å². The van der Waals surface area contributed by atoms with Crippen LogP contribution in [0.5, 0.6) is 0 Å². The number of carboxylic acid groups (broad SMARTS) is 1. The number of carboxylic acids is 1. The highest BCUT2D eigenvalue weighted by Gasteiger charge is 2.24. The van der Waals surface area contributed by atoms with Crippen LogP contribution in [0, 0.1) is 0 Å². The Morgan fingerprint density at radius 2 is 1.70 bits per heavy atom. The molecule has 132 valence electrons. The highest BCUT2D eigenvalue weighted by molar-refractivity contribution is 6.18. The summed E-state index contributed by atoms with van der Waals surface area (Å²) in [5.74, 6) is -0.948. The number of nitrogens with zero attached hydrogens (tertiary/aromatic N) is 1. The lowest BCUT2D eigenvalue weighted by Crippen LogP contribution is -2.30. The van der Waals surface area contributed by atoms with E-state index in [1.54, 1.807) is 12.2 Å². The number of aliphatic carboxylic acids is 1. The normalized spacial score (nSPS) is 15.7. The highest BCUT2D eigenvalue weighted by Crippen LogP contribution is 2.32. The molecule has 0 radical (unpaired) electrons. The summed E-state index contributed by atoms with van der Waals surface area (Å²) in [5, 5.41) is 11.4. The molecule has 27 heavy (non-hydrogen) atoms. The third-order valence-corrected chi connectivity index (χ3v) is 4.75. The Labute approximate surface area is 156 Å². The molecule has 4 heteroatoms. The van der Waals surface area contributed by atoms with Gasteiger partial charge in [0.15, 0.2) is 5.78 Å². The molecule has 0 atom stereocenters. The van der Waals surface area contributed by atoms with Gasteiger partial charge < -0.3 is 10.0 Å². The second-order valence-electron chi connectivity index (χ2n) is 6.44. The Morgan fingerprint density at radius 1 is 0.963 bits per heavy atom. The molecule has 1 N–H and O–H groups in total. The molecule has 4 rings (SSSR count). The second-order valence-corrected chi connectivity index (χ2v) is 6.44. The molecule has 1 aliphatic heterocycles. The number of rotatable bonds is 2. The zero-order valence-electron chi connectivity index (χ0n) is 14.7. The Morgan fingerprint density at radius 3 is 2.44 bits per heavy atom. The van der Waals surface area contributed by atoms with Crippen LogP contribution in [-0.2, 0) is 9.59 Å². The van der Waals surface area contributed by atoms with Gasteiger partial charge in [0.2, 0.25) is 0 Å². The quantitative estimate of drug-likeness (QED) is 0.899.